The molecule has 0 fully saturated rings. The van der Waals surface area contributed by atoms with Crippen LogP contribution in [0.3, 0.4) is 0 Å². The number of furan rings is 2. The second kappa shape index (κ2) is 9.92. The van der Waals surface area contributed by atoms with E-state index in [0.717, 1.165) is 6.42 Å². The number of hydrogen-bond acceptors (Lipinski definition) is 6. The van der Waals surface area contributed by atoms with E-state index in [1.165, 1.54) is 9.91 Å². The molecule has 1 aliphatic rings. The molecule has 1 atom stereocenters. The first-order valence-corrected chi connectivity index (χ1v) is 9.62. The van der Waals surface area contributed by atoms with E-state index in [0.29, 0.717) is 43.3 Å². The van der Waals surface area contributed by atoms with Gasteiger partial charge in [-0.1, -0.05) is 6.92 Å². The van der Waals surface area contributed by atoms with Crippen LogP contribution in [-0.4, -0.2) is 60.9 Å². The molecular weight excluding hydrogens is 376 g/mol. The quantitative estimate of drug-likeness (QED) is 0.695. The second-order valence-electron chi connectivity index (χ2n) is 6.64. The molecule has 2 aromatic heterocycles. The average molecular weight is 402 g/mol. The zero-order valence-electron chi connectivity index (χ0n) is 16.7. The molecule has 3 heterocycles. The molecule has 9 nitrogen and oxygen atoms in total. The van der Waals surface area contributed by atoms with Crippen LogP contribution in [0.4, 0.5) is 4.79 Å². The molecule has 0 radical (unpaired) electrons. The van der Waals surface area contributed by atoms with Gasteiger partial charge in [0, 0.05) is 26.6 Å². The molecule has 0 spiro atoms. The lowest BCUT2D eigenvalue weighted by atomic mass is 10.1. The highest BCUT2D eigenvalue weighted by Crippen LogP contribution is 2.33. The number of amides is 3. The van der Waals surface area contributed by atoms with E-state index in [-0.39, 0.29) is 24.5 Å². The summed E-state index contributed by atoms with van der Waals surface area (Å²) in [5.74, 6) is 0.923. The van der Waals surface area contributed by atoms with Crippen molar-refractivity contribution in [2.45, 2.75) is 25.8 Å². The van der Waals surface area contributed by atoms with E-state index in [2.05, 4.69) is 10.4 Å². The minimum atomic E-state index is -0.388. The molecule has 3 rings (SSSR count). The Kier molecular flexibility index (Phi) is 7.07. The van der Waals surface area contributed by atoms with Crippen molar-refractivity contribution in [3.63, 3.8) is 0 Å². The standard InChI is InChI=1S/C20H26N4O5/c1-3-8-21-20(26)23(9-12-27-2)14-19(25)24-16(18-7-5-11-29-18)13-15(22-24)17-6-4-10-28-17/h4-7,10-11,16H,3,8-9,12-14H2,1-2H3,(H,21,26)/t16-/m0/s1. The van der Waals surface area contributed by atoms with Crippen molar-refractivity contribution in [1.82, 2.24) is 15.2 Å². The molecule has 0 unspecified atom stereocenters. The molecule has 0 aliphatic carbocycles. The minimum absolute atomic E-state index is 0.120. The maximum Gasteiger partial charge on any atom is 0.317 e. The van der Waals surface area contributed by atoms with E-state index in [9.17, 15) is 9.59 Å². The van der Waals surface area contributed by atoms with Gasteiger partial charge in [0.2, 0.25) is 0 Å². The molecule has 0 saturated heterocycles. The Hall–Kier alpha value is -3.07. The van der Waals surface area contributed by atoms with Gasteiger partial charge in [-0.05, 0) is 30.7 Å². The van der Waals surface area contributed by atoms with E-state index in [1.54, 1.807) is 37.8 Å². The number of rotatable bonds is 9. The van der Waals surface area contributed by atoms with Crippen LogP contribution in [-0.2, 0) is 9.53 Å². The summed E-state index contributed by atoms with van der Waals surface area (Å²) in [7, 11) is 1.55. The van der Waals surface area contributed by atoms with Crippen molar-refractivity contribution >= 4 is 17.6 Å². The fourth-order valence-electron chi connectivity index (χ4n) is 3.07. The summed E-state index contributed by atoms with van der Waals surface area (Å²) in [6, 6.07) is 6.46. The topological polar surface area (TPSA) is 101 Å². The van der Waals surface area contributed by atoms with Gasteiger partial charge in [0.05, 0.1) is 19.1 Å². The Morgan fingerprint density at radius 2 is 2.10 bits per heavy atom. The molecule has 0 bridgehead atoms. The SMILES string of the molecule is CCCNC(=O)N(CCOC)CC(=O)N1N=C(c2ccco2)C[C@H]1c1ccco1. The first-order valence-electron chi connectivity index (χ1n) is 9.62. The molecule has 0 saturated carbocycles. The highest BCUT2D eigenvalue weighted by Gasteiger charge is 2.36. The summed E-state index contributed by atoms with van der Waals surface area (Å²) in [4.78, 5) is 27.0. The predicted molar refractivity (Wildman–Crippen MR) is 105 cm³/mol. The van der Waals surface area contributed by atoms with Gasteiger partial charge in [-0.2, -0.15) is 5.10 Å². The fraction of sp³-hybridized carbons (Fsp3) is 0.450. The van der Waals surface area contributed by atoms with Gasteiger partial charge in [0.25, 0.3) is 5.91 Å². The average Bonchev–Trinajstić information content (AvgIpc) is 3.48. The maximum atomic E-state index is 13.1. The van der Waals surface area contributed by atoms with Crippen LogP contribution in [0.25, 0.3) is 0 Å². The lowest BCUT2D eigenvalue weighted by Gasteiger charge is -2.26. The van der Waals surface area contributed by atoms with Crippen LogP contribution in [0.5, 0.6) is 0 Å². The zero-order chi connectivity index (χ0) is 20.6. The van der Waals surface area contributed by atoms with Gasteiger partial charge < -0.3 is 23.8 Å². The summed E-state index contributed by atoms with van der Waals surface area (Å²) in [5.41, 5.74) is 0.656. The Labute approximate surface area is 169 Å². The molecule has 2 aromatic rings. The van der Waals surface area contributed by atoms with Gasteiger partial charge in [-0.25, -0.2) is 9.80 Å². The van der Waals surface area contributed by atoms with Gasteiger partial charge in [0.15, 0.2) is 0 Å². The van der Waals surface area contributed by atoms with Crippen LogP contribution >= 0.6 is 0 Å². The van der Waals surface area contributed by atoms with E-state index in [1.807, 2.05) is 13.0 Å². The second-order valence-corrected chi connectivity index (χ2v) is 6.64. The predicted octanol–water partition coefficient (Wildman–Crippen LogP) is 2.62. The number of hydrazone groups is 1. The first kappa shape index (κ1) is 20.7. The Balaban J connectivity index is 1.77. The number of nitrogens with one attached hydrogen (secondary N) is 1. The highest BCUT2D eigenvalue weighted by atomic mass is 16.5. The molecule has 1 aliphatic heterocycles. The molecule has 3 amide bonds. The highest BCUT2D eigenvalue weighted by molar-refractivity contribution is 6.01. The number of carbonyl (C=O) groups is 2. The van der Waals surface area contributed by atoms with Gasteiger partial charge >= 0.3 is 6.03 Å². The third-order valence-corrected chi connectivity index (χ3v) is 4.55. The number of ether oxygens (including phenoxy) is 1. The Morgan fingerprint density at radius 3 is 2.76 bits per heavy atom. The summed E-state index contributed by atoms with van der Waals surface area (Å²) in [5, 5.41) is 8.66. The fourth-order valence-corrected chi connectivity index (χ4v) is 3.07. The van der Waals surface area contributed by atoms with Crippen molar-refractivity contribution in [3.8, 4) is 0 Å². The smallest absolute Gasteiger partial charge is 0.317 e. The van der Waals surface area contributed by atoms with E-state index < -0.39 is 0 Å². The lowest BCUT2D eigenvalue weighted by molar-refractivity contribution is -0.134. The van der Waals surface area contributed by atoms with Crippen LogP contribution < -0.4 is 5.32 Å². The van der Waals surface area contributed by atoms with Crippen molar-refractivity contribution in [3.05, 3.63) is 48.3 Å². The molecule has 1 N–H and O–H groups in total. The molecule has 29 heavy (non-hydrogen) atoms. The number of urea groups is 1. The summed E-state index contributed by atoms with van der Waals surface area (Å²) < 4.78 is 16.0. The lowest BCUT2D eigenvalue weighted by Crippen LogP contribution is -2.47. The summed E-state index contributed by atoms with van der Waals surface area (Å²) in [6.45, 7) is 3.01. The van der Waals surface area contributed by atoms with Gasteiger partial charge in [0.1, 0.15) is 29.8 Å². The molecule has 0 aromatic carbocycles. The largest absolute Gasteiger partial charge is 0.467 e. The van der Waals surface area contributed by atoms with E-state index >= 15 is 0 Å². The maximum absolute atomic E-state index is 13.1. The van der Waals surface area contributed by atoms with Crippen molar-refractivity contribution in [1.29, 1.82) is 0 Å². The summed E-state index contributed by atoms with van der Waals surface area (Å²) >= 11 is 0. The minimum Gasteiger partial charge on any atom is -0.467 e. The van der Waals surface area contributed by atoms with Gasteiger partial charge in [-0.3, -0.25) is 4.79 Å². The molecule has 156 valence electrons. The van der Waals surface area contributed by atoms with Crippen LogP contribution in [0.1, 0.15) is 37.3 Å². The molecule has 9 heteroatoms. The van der Waals surface area contributed by atoms with Gasteiger partial charge in [-0.15, -0.1) is 0 Å². The summed E-state index contributed by atoms with van der Waals surface area (Å²) in [6.07, 6.45) is 4.40. The number of methoxy groups -OCH3 is 1. The van der Waals surface area contributed by atoms with Crippen LogP contribution in [0, 0.1) is 0 Å². The van der Waals surface area contributed by atoms with Crippen molar-refractivity contribution < 1.29 is 23.2 Å². The number of carbonyl (C=O) groups excluding carboxylic acids is 2. The number of hydrogen-bond donors (Lipinski definition) is 1. The van der Waals surface area contributed by atoms with Crippen LogP contribution in [0.15, 0.2) is 50.7 Å². The van der Waals surface area contributed by atoms with Crippen LogP contribution in [0.2, 0.25) is 0 Å². The Morgan fingerprint density at radius 1 is 1.31 bits per heavy atom. The third-order valence-electron chi connectivity index (χ3n) is 4.55. The first-order chi connectivity index (χ1) is 14.1. The normalized spacial score (nSPS) is 16.0. The third kappa shape index (κ3) is 5.05. The Bertz CT molecular complexity index is 816. The van der Waals surface area contributed by atoms with Crippen molar-refractivity contribution in [2.75, 3.05) is 33.4 Å². The van der Waals surface area contributed by atoms with Crippen molar-refractivity contribution in [2.24, 2.45) is 5.10 Å². The molecular formula is C20H26N4O5. The zero-order valence-corrected chi connectivity index (χ0v) is 16.7. The number of nitrogens with zero attached hydrogens (tertiary/aromatic N) is 3. The monoisotopic (exact) mass is 402 g/mol. The van der Waals surface area contributed by atoms with E-state index in [4.69, 9.17) is 13.6 Å².